The van der Waals surface area contributed by atoms with E-state index < -0.39 is 16.0 Å². The Bertz CT molecular complexity index is 614. The number of carboxylic acids is 1. The first-order valence-corrected chi connectivity index (χ1v) is 8.38. The normalized spacial score (nSPS) is 22.9. The van der Waals surface area contributed by atoms with Crippen LogP contribution in [-0.2, 0) is 10.0 Å². The SMILES string of the molecule is O=C(O)c1cccc(S(=O)(=O)NCC2CCCC(O)C2)c1. The van der Waals surface area contributed by atoms with Crippen LogP contribution in [0.2, 0.25) is 0 Å². The molecular formula is C14H19NO5S. The quantitative estimate of drug-likeness (QED) is 0.758. The molecule has 0 heterocycles. The molecule has 0 bridgehead atoms. The summed E-state index contributed by atoms with van der Waals surface area (Å²) >= 11 is 0. The van der Waals surface area contributed by atoms with Crippen LogP contribution in [0.25, 0.3) is 0 Å². The molecule has 0 amide bonds. The molecule has 1 saturated carbocycles. The number of hydrogen-bond acceptors (Lipinski definition) is 4. The van der Waals surface area contributed by atoms with E-state index in [-0.39, 0.29) is 29.0 Å². The van der Waals surface area contributed by atoms with Gasteiger partial charge in [-0.15, -0.1) is 0 Å². The maximum Gasteiger partial charge on any atom is 0.335 e. The zero-order valence-electron chi connectivity index (χ0n) is 11.5. The highest BCUT2D eigenvalue weighted by Gasteiger charge is 2.23. The Kier molecular flexibility index (Phi) is 4.97. The zero-order chi connectivity index (χ0) is 15.5. The molecule has 7 heteroatoms. The molecule has 0 spiro atoms. The summed E-state index contributed by atoms with van der Waals surface area (Å²) in [5, 5.41) is 18.5. The highest BCUT2D eigenvalue weighted by atomic mass is 32.2. The summed E-state index contributed by atoms with van der Waals surface area (Å²) < 4.78 is 26.8. The summed E-state index contributed by atoms with van der Waals surface area (Å²) in [6, 6.07) is 5.26. The number of aliphatic hydroxyl groups excluding tert-OH is 1. The first-order chi connectivity index (χ1) is 9.88. The second kappa shape index (κ2) is 6.55. The minimum Gasteiger partial charge on any atom is -0.478 e. The Labute approximate surface area is 123 Å². The number of benzene rings is 1. The van der Waals surface area contributed by atoms with Gasteiger partial charge < -0.3 is 10.2 Å². The lowest BCUT2D eigenvalue weighted by atomic mass is 9.87. The van der Waals surface area contributed by atoms with Gasteiger partial charge in [0.05, 0.1) is 16.6 Å². The van der Waals surface area contributed by atoms with Crippen LogP contribution in [-0.4, -0.2) is 37.2 Å². The first-order valence-electron chi connectivity index (χ1n) is 6.89. The smallest absolute Gasteiger partial charge is 0.335 e. The van der Waals surface area contributed by atoms with Crippen LogP contribution >= 0.6 is 0 Å². The Morgan fingerprint density at radius 2 is 2.10 bits per heavy atom. The van der Waals surface area contributed by atoms with Gasteiger partial charge in [-0.25, -0.2) is 17.9 Å². The third kappa shape index (κ3) is 4.26. The monoisotopic (exact) mass is 313 g/mol. The van der Waals surface area contributed by atoms with Crippen molar-refractivity contribution in [3.8, 4) is 0 Å². The van der Waals surface area contributed by atoms with Crippen molar-refractivity contribution < 1.29 is 23.4 Å². The highest BCUT2D eigenvalue weighted by Crippen LogP contribution is 2.24. The fraction of sp³-hybridized carbons (Fsp3) is 0.500. The van der Waals surface area contributed by atoms with Gasteiger partial charge in [0, 0.05) is 6.54 Å². The fourth-order valence-electron chi connectivity index (χ4n) is 2.56. The van der Waals surface area contributed by atoms with E-state index in [9.17, 15) is 18.3 Å². The van der Waals surface area contributed by atoms with Gasteiger partial charge in [0.15, 0.2) is 0 Å². The number of carbonyl (C=O) groups is 1. The van der Waals surface area contributed by atoms with Gasteiger partial charge in [-0.1, -0.05) is 12.5 Å². The molecule has 3 N–H and O–H groups in total. The lowest BCUT2D eigenvalue weighted by Crippen LogP contribution is -2.33. The van der Waals surface area contributed by atoms with Gasteiger partial charge in [0.2, 0.25) is 10.0 Å². The summed E-state index contributed by atoms with van der Waals surface area (Å²) in [4.78, 5) is 10.8. The molecule has 0 saturated heterocycles. The van der Waals surface area contributed by atoms with Crippen LogP contribution < -0.4 is 4.72 Å². The van der Waals surface area contributed by atoms with Gasteiger partial charge in [-0.3, -0.25) is 0 Å². The van der Waals surface area contributed by atoms with Crippen LogP contribution in [0.4, 0.5) is 0 Å². The van der Waals surface area contributed by atoms with Crippen molar-refractivity contribution in [2.24, 2.45) is 5.92 Å². The fourth-order valence-corrected chi connectivity index (χ4v) is 3.72. The predicted molar refractivity (Wildman–Crippen MR) is 76.6 cm³/mol. The summed E-state index contributed by atoms with van der Waals surface area (Å²) in [6.45, 7) is 0.261. The Morgan fingerprint density at radius 3 is 2.76 bits per heavy atom. The average molecular weight is 313 g/mol. The first kappa shape index (κ1) is 15.9. The summed E-state index contributed by atoms with van der Waals surface area (Å²) in [7, 11) is -3.73. The standard InChI is InChI=1S/C14H19NO5S/c16-12-5-1-3-10(7-12)9-15-21(19,20)13-6-2-4-11(8-13)14(17)18/h2,4,6,8,10,12,15-16H,1,3,5,7,9H2,(H,17,18). The van der Waals surface area contributed by atoms with Crippen molar-refractivity contribution in [2.75, 3.05) is 6.54 Å². The van der Waals surface area contributed by atoms with Gasteiger partial charge in [-0.2, -0.15) is 0 Å². The lowest BCUT2D eigenvalue weighted by Gasteiger charge is -2.25. The molecule has 2 atom stereocenters. The van der Waals surface area contributed by atoms with E-state index in [4.69, 9.17) is 5.11 Å². The van der Waals surface area contributed by atoms with E-state index >= 15 is 0 Å². The van der Waals surface area contributed by atoms with Crippen LogP contribution in [0.15, 0.2) is 29.2 Å². The van der Waals surface area contributed by atoms with E-state index in [1.807, 2.05) is 0 Å². The van der Waals surface area contributed by atoms with Gasteiger partial charge >= 0.3 is 5.97 Å². The molecule has 6 nitrogen and oxygen atoms in total. The molecule has 21 heavy (non-hydrogen) atoms. The molecule has 1 aromatic carbocycles. The zero-order valence-corrected chi connectivity index (χ0v) is 12.3. The number of rotatable bonds is 5. The largest absolute Gasteiger partial charge is 0.478 e. The summed E-state index contributed by atoms with van der Waals surface area (Å²) in [5.41, 5.74) is -0.0639. The van der Waals surface area contributed by atoms with E-state index in [1.165, 1.54) is 18.2 Å². The average Bonchev–Trinajstić information content (AvgIpc) is 2.45. The number of nitrogens with one attached hydrogen (secondary N) is 1. The highest BCUT2D eigenvalue weighted by molar-refractivity contribution is 7.89. The van der Waals surface area contributed by atoms with Crippen LogP contribution in [0.3, 0.4) is 0 Å². The molecule has 1 aliphatic carbocycles. The third-order valence-electron chi connectivity index (χ3n) is 3.71. The molecule has 1 aliphatic rings. The molecule has 1 aromatic rings. The predicted octanol–water partition coefficient (Wildman–Crippen LogP) is 1.21. The number of carboxylic acid groups (broad SMARTS) is 1. The van der Waals surface area contributed by atoms with E-state index in [1.54, 1.807) is 0 Å². The van der Waals surface area contributed by atoms with Crippen molar-refractivity contribution in [2.45, 2.75) is 36.7 Å². The van der Waals surface area contributed by atoms with Crippen molar-refractivity contribution >= 4 is 16.0 Å². The minimum absolute atomic E-state index is 0.0567. The topological polar surface area (TPSA) is 104 Å². The lowest BCUT2D eigenvalue weighted by molar-refractivity contribution is 0.0696. The maximum absolute atomic E-state index is 12.2. The van der Waals surface area contributed by atoms with Gasteiger partial charge in [0.1, 0.15) is 0 Å². The maximum atomic E-state index is 12.2. The number of sulfonamides is 1. The summed E-state index contributed by atoms with van der Waals surface area (Å²) in [5.74, 6) is -1.05. The Balaban J connectivity index is 2.04. The van der Waals surface area contributed by atoms with E-state index in [2.05, 4.69) is 4.72 Å². The van der Waals surface area contributed by atoms with Crippen LogP contribution in [0.1, 0.15) is 36.0 Å². The number of hydrogen-bond donors (Lipinski definition) is 3. The Hall–Kier alpha value is -1.44. The molecule has 2 rings (SSSR count). The van der Waals surface area contributed by atoms with Gasteiger partial charge in [-0.05, 0) is 43.4 Å². The van der Waals surface area contributed by atoms with Crippen molar-refractivity contribution in [1.82, 2.24) is 4.72 Å². The second-order valence-electron chi connectivity index (χ2n) is 5.37. The minimum atomic E-state index is -3.73. The van der Waals surface area contributed by atoms with Gasteiger partial charge in [0.25, 0.3) is 0 Å². The van der Waals surface area contributed by atoms with Crippen molar-refractivity contribution in [1.29, 1.82) is 0 Å². The number of aromatic carboxylic acids is 1. The molecule has 116 valence electrons. The molecule has 0 radical (unpaired) electrons. The summed E-state index contributed by atoms with van der Waals surface area (Å²) in [6.07, 6.45) is 2.78. The van der Waals surface area contributed by atoms with Crippen molar-refractivity contribution in [3.05, 3.63) is 29.8 Å². The molecular weight excluding hydrogens is 294 g/mol. The Morgan fingerprint density at radius 1 is 1.33 bits per heavy atom. The molecule has 0 aliphatic heterocycles. The molecule has 1 fully saturated rings. The third-order valence-corrected chi connectivity index (χ3v) is 5.13. The van der Waals surface area contributed by atoms with Crippen LogP contribution in [0.5, 0.6) is 0 Å². The molecule has 2 unspecified atom stereocenters. The number of aliphatic hydroxyl groups is 1. The van der Waals surface area contributed by atoms with E-state index in [0.717, 1.165) is 25.3 Å². The van der Waals surface area contributed by atoms with Crippen molar-refractivity contribution in [3.63, 3.8) is 0 Å². The molecule has 0 aromatic heterocycles. The van der Waals surface area contributed by atoms with Crippen LogP contribution in [0, 0.1) is 5.92 Å². The van der Waals surface area contributed by atoms with E-state index in [0.29, 0.717) is 6.42 Å². The second-order valence-corrected chi connectivity index (χ2v) is 7.14.